The maximum Gasteiger partial charge on any atom is 0.109 e. The summed E-state index contributed by atoms with van der Waals surface area (Å²) in [6.07, 6.45) is 1.71. The normalized spacial score (nSPS) is 10.7. The lowest BCUT2D eigenvalue weighted by atomic mass is 9.94. The van der Waals surface area contributed by atoms with E-state index in [1.807, 2.05) is 23.5 Å². The molecule has 0 N–H and O–H groups in total. The highest BCUT2D eigenvalue weighted by atomic mass is 32.1. The Bertz CT molecular complexity index is 380. The van der Waals surface area contributed by atoms with Crippen LogP contribution < -0.4 is 0 Å². The molecule has 2 rings (SSSR count). The number of hydrogen-bond donors (Lipinski definition) is 0. The molecule has 0 amide bonds. The molecule has 2 heterocycles. The molecule has 116 valence electrons. The van der Waals surface area contributed by atoms with Gasteiger partial charge >= 0.3 is 0 Å². The van der Waals surface area contributed by atoms with Crippen LogP contribution in [0.2, 0.25) is 0 Å². The lowest BCUT2D eigenvalue weighted by Gasteiger charge is -2.14. The highest BCUT2D eigenvalue weighted by Gasteiger charge is 2.15. The minimum Gasteiger partial charge on any atom is -0.469 e. The van der Waals surface area contributed by atoms with Gasteiger partial charge in [0, 0.05) is 10.3 Å². The average Bonchev–Trinajstić information content (AvgIpc) is 2.91. The Morgan fingerprint density at radius 2 is 1.45 bits per heavy atom. The molecule has 0 saturated carbocycles. The number of rotatable bonds is 0. The molecule has 0 aliphatic carbocycles. The lowest BCUT2D eigenvalue weighted by Crippen LogP contribution is -2.08. The van der Waals surface area contributed by atoms with E-state index in [1.54, 1.807) is 6.26 Å². The Morgan fingerprint density at radius 3 is 1.65 bits per heavy atom. The van der Waals surface area contributed by atoms with Gasteiger partial charge in [0.25, 0.3) is 0 Å². The zero-order chi connectivity index (χ0) is 13.8. The Kier molecular flexibility index (Phi) is 8.84. The minimum atomic E-state index is 0. The smallest absolute Gasteiger partial charge is 0.109 e. The van der Waals surface area contributed by atoms with Gasteiger partial charge in [-0.15, -0.1) is 11.3 Å². The molecule has 0 aliphatic heterocycles. The lowest BCUT2D eigenvalue weighted by molar-refractivity contribution is 0.409. The van der Waals surface area contributed by atoms with E-state index in [0.717, 1.165) is 5.76 Å². The predicted molar refractivity (Wildman–Crippen MR) is 93.9 cm³/mol. The molecule has 0 aromatic carbocycles. The van der Waals surface area contributed by atoms with E-state index in [9.17, 15) is 0 Å². The monoisotopic (exact) mass is 296 g/mol. The van der Waals surface area contributed by atoms with Gasteiger partial charge in [-0.25, -0.2) is 0 Å². The average molecular weight is 297 g/mol. The van der Waals surface area contributed by atoms with Crippen LogP contribution in [-0.2, 0) is 10.8 Å². The topological polar surface area (TPSA) is 13.1 Å². The van der Waals surface area contributed by atoms with Crippen LogP contribution in [0.3, 0.4) is 0 Å². The van der Waals surface area contributed by atoms with Crippen LogP contribution in [0, 0.1) is 0 Å². The largest absolute Gasteiger partial charge is 0.469 e. The van der Waals surface area contributed by atoms with Crippen molar-refractivity contribution in [2.24, 2.45) is 0 Å². The summed E-state index contributed by atoms with van der Waals surface area (Å²) in [5, 5.41) is 2.13. The van der Waals surface area contributed by atoms with Gasteiger partial charge in [0.2, 0.25) is 0 Å². The van der Waals surface area contributed by atoms with Crippen molar-refractivity contribution in [2.45, 2.75) is 67.2 Å². The molecule has 0 spiro atoms. The van der Waals surface area contributed by atoms with E-state index in [2.05, 4.69) is 59.1 Å². The third-order valence-corrected chi connectivity index (χ3v) is 3.82. The van der Waals surface area contributed by atoms with Crippen molar-refractivity contribution < 1.29 is 4.42 Å². The molecule has 0 radical (unpaired) electrons. The number of hydrogen-bond acceptors (Lipinski definition) is 2. The van der Waals surface area contributed by atoms with Gasteiger partial charge in [0.1, 0.15) is 5.76 Å². The van der Waals surface area contributed by atoms with E-state index < -0.39 is 0 Å². The second kappa shape index (κ2) is 8.31. The Hall–Kier alpha value is -1.02. The van der Waals surface area contributed by atoms with Crippen molar-refractivity contribution in [3.63, 3.8) is 0 Å². The number of thiophene rings is 1. The summed E-state index contributed by atoms with van der Waals surface area (Å²) in [4.78, 5) is 1.46. The quantitative estimate of drug-likeness (QED) is 0.515. The van der Waals surface area contributed by atoms with Crippen LogP contribution in [0.4, 0.5) is 0 Å². The van der Waals surface area contributed by atoms with Crippen LogP contribution in [0.15, 0.2) is 40.3 Å². The first-order valence-corrected chi connectivity index (χ1v) is 7.17. The molecule has 0 fully saturated rings. The highest BCUT2D eigenvalue weighted by Crippen LogP contribution is 2.25. The molecule has 0 saturated heterocycles. The van der Waals surface area contributed by atoms with Crippen molar-refractivity contribution in [1.29, 1.82) is 0 Å². The molecule has 0 unspecified atom stereocenters. The summed E-state index contributed by atoms with van der Waals surface area (Å²) in [5.74, 6) is 1.04. The summed E-state index contributed by atoms with van der Waals surface area (Å²) in [7, 11) is 0. The zero-order valence-electron chi connectivity index (χ0n) is 12.3. The van der Waals surface area contributed by atoms with Crippen molar-refractivity contribution in [3.05, 3.63) is 46.5 Å². The maximum atomic E-state index is 5.20. The maximum absolute atomic E-state index is 5.20. The van der Waals surface area contributed by atoms with Crippen molar-refractivity contribution >= 4 is 11.3 Å². The molecule has 0 aliphatic rings. The molecule has 20 heavy (non-hydrogen) atoms. The fourth-order valence-corrected chi connectivity index (χ4v) is 2.23. The summed E-state index contributed by atoms with van der Waals surface area (Å²) >= 11 is 1.83. The fourth-order valence-electron chi connectivity index (χ4n) is 1.41. The minimum absolute atomic E-state index is 0. The van der Waals surface area contributed by atoms with Crippen LogP contribution in [0.5, 0.6) is 0 Å². The second-order valence-electron chi connectivity index (χ2n) is 6.45. The van der Waals surface area contributed by atoms with Crippen LogP contribution in [0.1, 0.15) is 67.0 Å². The first kappa shape index (κ1) is 21.3. The van der Waals surface area contributed by atoms with E-state index in [1.165, 1.54) is 4.88 Å². The summed E-state index contributed by atoms with van der Waals surface area (Å²) in [6.45, 7) is 13.1. The fraction of sp³-hybridized carbons (Fsp3) is 0.556. The summed E-state index contributed by atoms with van der Waals surface area (Å²) in [6, 6.07) is 8.20. The third kappa shape index (κ3) is 6.95. The zero-order valence-corrected chi connectivity index (χ0v) is 13.1. The van der Waals surface area contributed by atoms with E-state index >= 15 is 0 Å². The van der Waals surface area contributed by atoms with Crippen LogP contribution >= 0.6 is 11.3 Å². The van der Waals surface area contributed by atoms with Crippen molar-refractivity contribution in [2.75, 3.05) is 0 Å². The van der Waals surface area contributed by atoms with Gasteiger partial charge in [-0.3, -0.25) is 0 Å². The molecule has 0 bridgehead atoms. The SMILES string of the molecule is C.C.CC(C)(C)c1ccco1.CC(C)(C)c1cccs1. The van der Waals surface area contributed by atoms with E-state index in [0.29, 0.717) is 5.41 Å². The third-order valence-electron chi connectivity index (χ3n) is 2.52. The first-order chi connectivity index (χ1) is 8.21. The molecule has 2 aromatic rings. The first-order valence-electron chi connectivity index (χ1n) is 6.29. The van der Waals surface area contributed by atoms with Gasteiger partial charge in [-0.05, 0) is 29.0 Å². The Morgan fingerprint density at radius 1 is 0.850 bits per heavy atom. The summed E-state index contributed by atoms with van der Waals surface area (Å²) in [5.41, 5.74) is 0.498. The number of furan rings is 1. The van der Waals surface area contributed by atoms with Gasteiger partial charge < -0.3 is 4.42 Å². The molecular formula is C18H32OS. The van der Waals surface area contributed by atoms with Gasteiger partial charge in [-0.1, -0.05) is 62.5 Å². The predicted octanol–water partition coefficient (Wildman–Crippen LogP) is 6.89. The second-order valence-corrected chi connectivity index (χ2v) is 7.40. The molecule has 2 heteroatoms. The standard InChI is InChI=1S/C8H12O.C8H12S.2CH4/c2*1-8(2,3)7-5-4-6-9-7;;/h2*4-6H,1-3H3;2*1H4. The molecular weight excluding hydrogens is 264 g/mol. The van der Waals surface area contributed by atoms with E-state index in [4.69, 9.17) is 4.42 Å². The Labute approximate surface area is 130 Å². The molecule has 1 nitrogen and oxygen atoms in total. The van der Waals surface area contributed by atoms with Crippen LogP contribution in [0.25, 0.3) is 0 Å². The summed E-state index contributed by atoms with van der Waals surface area (Å²) < 4.78 is 5.20. The molecule has 0 atom stereocenters. The van der Waals surface area contributed by atoms with Gasteiger partial charge in [0.05, 0.1) is 6.26 Å². The van der Waals surface area contributed by atoms with Gasteiger partial charge in [0.15, 0.2) is 0 Å². The molecule has 2 aromatic heterocycles. The van der Waals surface area contributed by atoms with Crippen LogP contribution in [-0.4, -0.2) is 0 Å². The van der Waals surface area contributed by atoms with E-state index in [-0.39, 0.29) is 20.3 Å². The highest BCUT2D eigenvalue weighted by molar-refractivity contribution is 7.10. The van der Waals surface area contributed by atoms with Crippen molar-refractivity contribution in [1.82, 2.24) is 0 Å². The Balaban J connectivity index is 0. The van der Waals surface area contributed by atoms with Crippen molar-refractivity contribution in [3.8, 4) is 0 Å². The van der Waals surface area contributed by atoms with Gasteiger partial charge in [-0.2, -0.15) is 0 Å².